The number of anilines is 1. The van der Waals surface area contributed by atoms with Gasteiger partial charge < -0.3 is 15.1 Å². The minimum atomic E-state index is -0.275. The lowest BCUT2D eigenvalue weighted by atomic mass is 10.1. The smallest absolute Gasteiger partial charge is 0.270 e. The molecular weight excluding hydrogens is 278 g/mol. The van der Waals surface area contributed by atoms with E-state index in [2.05, 4.69) is 32.0 Å². The molecule has 2 rings (SSSR count). The van der Waals surface area contributed by atoms with E-state index in [-0.39, 0.29) is 11.4 Å². The van der Waals surface area contributed by atoms with Crippen LogP contribution < -0.4 is 10.2 Å². The van der Waals surface area contributed by atoms with Gasteiger partial charge in [0.05, 0.1) is 0 Å². The first-order valence-corrected chi connectivity index (χ1v) is 7.94. The van der Waals surface area contributed by atoms with Crippen molar-refractivity contribution in [3.8, 4) is 0 Å². The number of carbonyl (C=O) groups is 1. The lowest BCUT2D eigenvalue weighted by Gasteiger charge is -2.34. The number of aromatic nitrogens is 2. The minimum absolute atomic E-state index is 0.147. The van der Waals surface area contributed by atoms with Gasteiger partial charge in [-0.25, -0.2) is 9.97 Å². The Kier molecular flexibility index (Phi) is 5.01. The summed E-state index contributed by atoms with van der Waals surface area (Å²) in [6.07, 6.45) is 0. The summed E-state index contributed by atoms with van der Waals surface area (Å²) in [5, 5.41) is 2.95. The fraction of sp³-hybridized carbons (Fsp3) is 0.688. The number of hydrogen-bond acceptors (Lipinski definition) is 5. The summed E-state index contributed by atoms with van der Waals surface area (Å²) in [5.41, 5.74) is 0.986. The Morgan fingerprint density at radius 3 is 2.41 bits per heavy atom. The molecule has 1 amide bonds. The third-order valence-corrected chi connectivity index (χ3v) is 3.67. The molecular formula is C16H27N5O. The van der Waals surface area contributed by atoms with E-state index in [1.165, 1.54) is 0 Å². The largest absolute Gasteiger partial charge is 0.346 e. The van der Waals surface area contributed by atoms with Crippen molar-refractivity contribution in [1.82, 2.24) is 20.2 Å². The molecule has 6 heteroatoms. The summed E-state index contributed by atoms with van der Waals surface area (Å²) in [4.78, 5) is 25.9. The van der Waals surface area contributed by atoms with Gasteiger partial charge in [-0.1, -0.05) is 6.92 Å². The number of hydrogen-bond donors (Lipinski definition) is 1. The van der Waals surface area contributed by atoms with Crippen LogP contribution in [0.1, 0.15) is 43.9 Å². The first-order chi connectivity index (χ1) is 10.3. The SMILES string of the molecule is CCN1CCN(c2nc(C)cc(C(=O)NC(C)(C)C)n2)CC1. The Bertz CT molecular complexity index is 530. The molecule has 0 radical (unpaired) electrons. The van der Waals surface area contributed by atoms with Gasteiger partial charge in [0.2, 0.25) is 5.95 Å². The second-order valence-electron chi connectivity index (χ2n) is 6.82. The van der Waals surface area contributed by atoms with Gasteiger partial charge in [-0.05, 0) is 40.3 Å². The van der Waals surface area contributed by atoms with Crippen LogP contribution in [-0.2, 0) is 0 Å². The standard InChI is InChI=1S/C16H27N5O/c1-6-20-7-9-21(10-8-20)15-17-12(2)11-13(18-15)14(22)19-16(3,4)5/h11H,6-10H2,1-5H3,(H,19,22). The van der Waals surface area contributed by atoms with Crippen LogP contribution >= 0.6 is 0 Å². The van der Waals surface area contributed by atoms with Crippen molar-refractivity contribution >= 4 is 11.9 Å². The minimum Gasteiger partial charge on any atom is -0.346 e. The molecule has 0 saturated carbocycles. The number of piperazine rings is 1. The highest BCUT2D eigenvalue weighted by atomic mass is 16.2. The van der Waals surface area contributed by atoms with Gasteiger partial charge in [0, 0.05) is 37.4 Å². The predicted molar refractivity (Wildman–Crippen MR) is 88.3 cm³/mol. The summed E-state index contributed by atoms with van der Waals surface area (Å²) in [5.74, 6) is 0.515. The average molecular weight is 305 g/mol. The van der Waals surface area contributed by atoms with E-state index in [1.54, 1.807) is 6.07 Å². The highest BCUT2D eigenvalue weighted by Gasteiger charge is 2.21. The number of nitrogens with zero attached hydrogens (tertiary/aromatic N) is 4. The first-order valence-electron chi connectivity index (χ1n) is 7.94. The molecule has 0 atom stereocenters. The highest BCUT2D eigenvalue weighted by molar-refractivity contribution is 5.93. The van der Waals surface area contributed by atoms with Gasteiger partial charge >= 0.3 is 0 Å². The zero-order valence-electron chi connectivity index (χ0n) is 14.3. The number of carbonyl (C=O) groups excluding carboxylic acids is 1. The Morgan fingerprint density at radius 2 is 1.86 bits per heavy atom. The van der Waals surface area contributed by atoms with Crippen molar-refractivity contribution in [2.45, 2.75) is 40.2 Å². The van der Waals surface area contributed by atoms with Gasteiger partial charge in [0.15, 0.2) is 0 Å². The molecule has 0 unspecified atom stereocenters. The number of likely N-dealkylation sites (N-methyl/N-ethyl adjacent to an activating group) is 1. The van der Waals surface area contributed by atoms with E-state index in [0.717, 1.165) is 38.4 Å². The average Bonchev–Trinajstić information content (AvgIpc) is 2.45. The Hall–Kier alpha value is -1.69. The summed E-state index contributed by atoms with van der Waals surface area (Å²) in [6.45, 7) is 14.9. The van der Waals surface area contributed by atoms with Crippen LogP contribution in [0, 0.1) is 6.92 Å². The normalized spacial score (nSPS) is 16.7. The summed E-state index contributed by atoms with van der Waals surface area (Å²) >= 11 is 0. The molecule has 0 aliphatic carbocycles. The lowest BCUT2D eigenvalue weighted by Crippen LogP contribution is -2.47. The van der Waals surface area contributed by atoms with Crippen molar-refractivity contribution in [1.29, 1.82) is 0 Å². The molecule has 0 bridgehead atoms. The highest BCUT2D eigenvalue weighted by Crippen LogP contribution is 2.14. The van der Waals surface area contributed by atoms with Gasteiger partial charge in [0.25, 0.3) is 5.91 Å². The van der Waals surface area contributed by atoms with E-state index in [1.807, 2.05) is 27.7 Å². The summed E-state index contributed by atoms with van der Waals surface area (Å²) in [7, 11) is 0. The Balaban J connectivity index is 2.15. The lowest BCUT2D eigenvalue weighted by molar-refractivity contribution is 0.0914. The molecule has 1 aromatic heterocycles. The molecule has 1 aliphatic heterocycles. The third kappa shape index (κ3) is 4.40. The predicted octanol–water partition coefficient (Wildman–Crippen LogP) is 1.46. The van der Waals surface area contributed by atoms with E-state index in [9.17, 15) is 4.79 Å². The molecule has 122 valence electrons. The molecule has 22 heavy (non-hydrogen) atoms. The molecule has 1 N–H and O–H groups in total. The second kappa shape index (κ2) is 6.60. The van der Waals surface area contributed by atoms with Crippen LogP contribution in [0.5, 0.6) is 0 Å². The zero-order valence-corrected chi connectivity index (χ0v) is 14.3. The fourth-order valence-corrected chi connectivity index (χ4v) is 2.48. The van der Waals surface area contributed by atoms with Crippen molar-refractivity contribution in [2.75, 3.05) is 37.6 Å². The summed E-state index contributed by atoms with van der Waals surface area (Å²) in [6, 6.07) is 1.74. The van der Waals surface area contributed by atoms with Crippen LogP contribution in [0.2, 0.25) is 0 Å². The van der Waals surface area contributed by atoms with Gasteiger partial charge in [-0.2, -0.15) is 0 Å². The maximum Gasteiger partial charge on any atom is 0.270 e. The van der Waals surface area contributed by atoms with Crippen molar-refractivity contribution in [3.05, 3.63) is 17.5 Å². The van der Waals surface area contributed by atoms with Crippen molar-refractivity contribution in [2.24, 2.45) is 0 Å². The summed E-state index contributed by atoms with van der Waals surface area (Å²) < 4.78 is 0. The maximum atomic E-state index is 12.3. The quantitative estimate of drug-likeness (QED) is 0.916. The molecule has 6 nitrogen and oxygen atoms in total. The number of rotatable bonds is 3. The monoisotopic (exact) mass is 305 g/mol. The van der Waals surface area contributed by atoms with Gasteiger partial charge in [-0.15, -0.1) is 0 Å². The van der Waals surface area contributed by atoms with Crippen molar-refractivity contribution < 1.29 is 4.79 Å². The van der Waals surface area contributed by atoms with Crippen molar-refractivity contribution in [3.63, 3.8) is 0 Å². The third-order valence-electron chi connectivity index (χ3n) is 3.67. The van der Waals surface area contributed by atoms with E-state index < -0.39 is 0 Å². The van der Waals surface area contributed by atoms with Gasteiger partial charge in [-0.3, -0.25) is 4.79 Å². The van der Waals surface area contributed by atoms with Gasteiger partial charge in [0.1, 0.15) is 5.69 Å². The fourth-order valence-electron chi connectivity index (χ4n) is 2.48. The first kappa shape index (κ1) is 16.7. The van der Waals surface area contributed by atoms with Crippen LogP contribution in [0.15, 0.2) is 6.07 Å². The van der Waals surface area contributed by atoms with E-state index >= 15 is 0 Å². The zero-order chi connectivity index (χ0) is 16.3. The van der Waals surface area contributed by atoms with Crippen LogP contribution in [0.3, 0.4) is 0 Å². The number of aryl methyl sites for hydroxylation is 1. The Labute approximate surface area is 132 Å². The van der Waals surface area contributed by atoms with E-state index in [0.29, 0.717) is 11.6 Å². The molecule has 1 aliphatic rings. The molecule has 0 aromatic carbocycles. The van der Waals surface area contributed by atoms with Crippen LogP contribution in [0.4, 0.5) is 5.95 Å². The van der Waals surface area contributed by atoms with Crippen LogP contribution in [0.25, 0.3) is 0 Å². The Morgan fingerprint density at radius 1 is 1.23 bits per heavy atom. The molecule has 2 heterocycles. The molecule has 1 saturated heterocycles. The maximum absolute atomic E-state index is 12.3. The number of amides is 1. The molecule has 1 aromatic rings. The molecule has 0 spiro atoms. The number of nitrogens with one attached hydrogen (secondary N) is 1. The van der Waals surface area contributed by atoms with E-state index in [4.69, 9.17) is 0 Å². The topological polar surface area (TPSA) is 61.4 Å². The van der Waals surface area contributed by atoms with Crippen LogP contribution in [-0.4, -0.2) is 59.0 Å². The molecule has 1 fully saturated rings. The second-order valence-corrected chi connectivity index (χ2v) is 6.82.